The minimum absolute atomic E-state index is 0. The topological polar surface area (TPSA) is 93.2 Å². The summed E-state index contributed by atoms with van der Waals surface area (Å²) >= 11 is 0. The quantitative estimate of drug-likeness (QED) is 0.313. The third kappa shape index (κ3) is 5.14. The minimum atomic E-state index is 0. The van der Waals surface area contributed by atoms with Gasteiger partial charge in [-0.15, -0.1) is 34.2 Å². The lowest BCUT2D eigenvalue weighted by molar-refractivity contribution is 0.570. The van der Waals surface area contributed by atoms with Gasteiger partial charge in [-0.25, -0.2) is 4.98 Å². The molecule has 4 rings (SSSR count). The van der Waals surface area contributed by atoms with Gasteiger partial charge in [0.05, 0.1) is 13.1 Å². The number of hydrogen-bond acceptors (Lipinski definition) is 5. The zero-order chi connectivity index (χ0) is 19.2. The first-order valence-corrected chi connectivity index (χ1v) is 9.68. The van der Waals surface area contributed by atoms with Crippen molar-refractivity contribution in [1.29, 1.82) is 0 Å². The fraction of sp³-hybridized carbons (Fsp3) is 0.400. The summed E-state index contributed by atoms with van der Waals surface area (Å²) in [6.07, 6.45) is 6.10. The second-order valence-corrected chi connectivity index (χ2v) is 6.77. The Morgan fingerprint density at radius 1 is 1.10 bits per heavy atom. The van der Waals surface area contributed by atoms with Gasteiger partial charge in [0.15, 0.2) is 23.9 Å². The number of aryl methyl sites for hydroxylation is 1. The van der Waals surface area contributed by atoms with Gasteiger partial charge in [0.1, 0.15) is 11.5 Å². The molecule has 0 saturated carbocycles. The van der Waals surface area contributed by atoms with Gasteiger partial charge >= 0.3 is 0 Å². The zero-order valence-electron chi connectivity index (χ0n) is 16.5. The number of aliphatic imine (C=N–C) groups is 1. The van der Waals surface area contributed by atoms with Crippen LogP contribution < -0.4 is 10.6 Å². The summed E-state index contributed by atoms with van der Waals surface area (Å²) in [5, 5.41) is 15.3. The van der Waals surface area contributed by atoms with Crippen molar-refractivity contribution in [3.8, 4) is 11.3 Å². The average Bonchev–Trinajstić information content (AvgIpc) is 3.29. The summed E-state index contributed by atoms with van der Waals surface area (Å²) in [6, 6.07) is 9.96. The van der Waals surface area contributed by atoms with Crippen LogP contribution in [0, 0.1) is 0 Å². The van der Waals surface area contributed by atoms with Crippen molar-refractivity contribution < 1.29 is 4.42 Å². The number of fused-ring (bicyclic) bond motifs is 1. The summed E-state index contributed by atoms with van der Waals surface area (Å²) in [5.74, 6) is 3.50. The van der Waals surface area contributed by atoms with E-state index in [1.54, 1.807) is 7.05 Å². The molecule has 2 N–H and O–H groups in total. The number of hydrogen-bond donors (Lipinski definition) is 2. The van der Waals surface area contributed by atoms with E-state index in [9.17, 15) is 0 Å². The monoisotopic (exact) mass is 507 g/mol. The van der Waals surface area contributed by atoms with E-state index in [-0.39, 0.29) is 24.0 Å². The molecule has 2 aromatic heterocycles. The van der Waals surface area contributed by atoms with Gasteiger partial charge in [-0.2, -0.15) is 0 Å². The number of oxazole rings is 1. The molecule has 0 atom stereocenters. The van der Waals surface area contributed by atoms with Crippen molar-refractivity contribution in [2.75, 3.05) is 7.05 Å². The Labute approximate surface area is 187 Å². The van der Waals surface area contributed by atoms with Crippen LogP contribution in [0.1, 0.15) is 36.6 Å². The number of nitrogens with zero attached hydrogens (tertiary/aromatic N) is 5. The molecule has 8 nitrogen and oxygen atoms in total. The third-order valence-corrected chi connectivity index (χ3v) is 4.92. The molecule has 0 fully saturated rings. The Balaban J connectivity index is 0.00000240. The van der Waals surface area contributed by atoms with Crippen LogP contribution in [-0.4, -0.2) is 32.8 Å². The van der Waals surface area contributed by atoms with Crippen LogP contribution in [0.4, 0.5) is 0 Å². The van der Waals surface area contributed by atoms with Gasteiger partial charge < -0.3 is 19.6 Å². The Bertz CT molecular complexity index is 935. The number of halogens is 1. The van der Waals surface area contributed by atoms with E-state index in [4.69, 9.17) is 4.42 Å². The fourth-order valence-corrected chi connectivity index (χ4v) is 3.45. The predicted octanol–water partition coefficient (Wildman–Crippen LogP) is 3.14. The second kappa shape index (κ2) is 10.4. The molecule has 0 saturated heterocycles. The number of benzene rings is 1. The predicted molar refractivity (Wildman–Crippen MR) is 122 cm³/mol. The lowest BCUT2D eigenvalue weighted by Gasteiger charge is -2.12. The Morgan fingerprint density at radius 3 is 2.76 bits per heavy atom. The number of aromatic nitrogens is 4. The van der Waals surface area contributed by atoms with E-state index in [0.29, 0.717) is 19.0 Å². The highest BCUT2D eigenvalue weighted by Gasteiger charge is 2.15. The molecular weight excluding hydrogens is 481 g/mol. The molecule has 9 heteroatoms. The SMILES string of the molecule is CN=C(NCc1ncoc1-c1ccccc1)NCc1nnc2n1CCCCC2.I. The lowest BCUT2D eigenvalue weighted by Crippen LogP contribution is -2.37. The number of nitrogens with one attached hydrogen (secondary N) is 2. The van der Waals surface area contributed by atoms with Gasteiger partial charge in [0.2, 0.25) is 0 Å². The summed E-state index contributed by atoms with van der Waals surface area (Å²) in [5.41, 5.74) is 1.84. The molecular formula is C20H26IN7O. The molecule has 3 heterocycles. The van der Waals surface area contributed by atoms with Crippen LogP contribution in [-0.2, 0) is 26.1 Å². The summed E-state index contributed by atoms with van der Waals surface area (Å²) < 4.78 is 7.81. The second-order valence-electron chi connectivity index (χ2n) is 6.77. The van der Waals surface area contributed by atoms with Gasteiger partial charge in [0.25, 0.3) is 0 Å². The molecule has 29 heavy (non-hydrogen) atoms. The summed E-state index contributed by atoms with van der Waals surface area (Å²) in [7, 11) is 1.75. The molecule has 0 radical (unpaired) electrons. The van der Waals surface area contributed by atoms with Crippen molar-refractivity contribution in [2.24, 2.45) is 4.99 Å². The van der Waals surface area contributed by atoms with Crippen LogP contribution in [0.25, 0.3) is 11.3 Å². The normalized spacial score (nSPS) is 13.9. The molecule has 0 aliphatic carbocycles. The highest BCUT2D eigenvalue weighted by atomic mass is 127. The van der Waals surface area contributed by atoms with Gasteiger partial charge in [-0.1, -0.05) is 36.8 Å². The molecule has 1 aliphatic rings. The van der Waals surface area contributed by atoms with Crippen molar-refractivity contribution in [1.82, 2.24) is 30.4 Å². The minimum Gasteiger partial charge on any atom is -0.443 e. The van der Waals surface area contributed by atoms with E-state index < -0.39 is 0 Å². The molecule has 3 aromatic rings. The van der Waals surface area contributed by atoms with Crippen molar-refractivity contribution >= 4 is 29.9 Å². The molecule has 0 unspecified atom stereocenters. The van der Waals surface area contributed by atoms with Crippen LogP contribution in [0.3, 0.4) is 0 Å². The van der Waals surface area contributed by atoms with Gasteiger partial charge in [0, 0.05) is 25.6 Å². The standard InChI is InChI=1S/C20H25N7O.HI/c1-21-20(23-13-18-26-25-17-10-6-3-7-11-27(17)18)22-12-16-19(28-14-24-16)15-8-4-2-5-9-15;/h2,4-5,8-9,14H,3,6-7,10-13H2,1H3,(H2,21,22,23);1H. The molecule has 0 spiro atoms. The van der Waals surface area contributed by atoms with Crippen LogP contribution >= 0.6 is 24.0 Å². The van der Waals surface area contributed by atoms with Crippen LogP contribution in [0.15, 0.2) is 46.1 Å². The van der Waals surface area contributed by atoms with Gasteiger partial charge in [-0.3, -0.25) is 4.99 Å². The van der Waals surface area contributed by atoms with Crippen LogP contribution in [0.2, 0.25) is 0 Å². The first-order valence-electron chi connectivity index (χ1n) is 9.68. The van der Waals surface area contributed by atoms with E-state index >= 15 is 0 Å². The maximum Gasteiger partial charge on any atom is 0.191 e. The molecule has 0 amide bonds. The van der Waals surface area contributed by atoms with E-state index in [2.05, 4.69) is 35.4 Å². The first-order chi connectivity index (χ1) is 13.8. The number of guanidine groups is 1. The first kappa shape index (κ1) is 21.3. The Kier molecular flexibility index (Phi) is 7.62. The average molecular weight is 507 g/mol. The zero-order valence-corrected chi connectivity index (χ0v) is 18.8. The third-order valence-electron chi connectivity index (χ3n) is 4.92. The summed E-state index contributed by atoms with van der Waals surface area (Å²) in [4.78, 5) is 8.64. The van der Waals surface area contributed by atoms with E-state index in [1.165, 1.54) is 25.7 Å². The fourth-order valence-electron chi connectivity index (χ4n) is 3.45. The highest BCUT2D eigenvalue weighted by molar-refractivity contribution is 14.0. The Hall–Kier alpha value is -2.43. The summed E-state index contributed by atoms with van der Waals surface area (Å²) in [6.45, 7) is 2.08. The lowest BCUT2D eigenvalue weighted by atomic mass is 10.1. The molecule has 154 valence electrons. The maximum atomic E-state index is 5.58. The molecule has 1 aliphatic heterocycles. The van der Waals surface area contributed by atoms with E-state index in [1.807, 2.05) is 30.3 Å². The maximum absolute atomic E-state index is 5.58. The molecule has 1 aromatic carbocycles. The molecule has 0 bridgehead atoms. The largest absolute Gasteiger partial charge is 0.443 e. The van der Waals surface area contributed by atoms with Crippen molar-refractivity contribution in [3.05, 3.63) is 54.1 Å². The Morgan fingerprint density at radius 2 is 1.93 bits per heavy atom. The van der Waals surface area contributed by atoms with Gasteiger partial charge in [-0.05, 0) is 12.8 Å². The van der Waals surface area contributed by atoms with Crippen LogP contribution in [0.5, 0.6) is 0 Å². The van der Waals surface area contributed by atoms with Crippen molar-refractivity contribution in [2.45, 2.75) is 45.3 Å². The van der Waals surface area contributed by atoms with Crippen molar-refractivity contribution in [3.63, 3.8) is 0 Å². The van der Waals surface area contributed by atoms with E-state index in [0.717, 1.165) is 41.6 Å². The smallest absolute Gasteiger partial charge is 0.191 e. The number of rotatable bonds is 5. The highest BCUT2D eigenvalue weighted by Crippen LogP contribution is 2.22.